The van der Waals surface area contributed by atoms with E-state index >= 15 is 0 Å². The first-order valence-corrected chi connectivity index (χ1v) is 15.1. The Kier molecular flexibility index (Phi) is 8.40. The number of nitrogens with zero attached hydrogens (tertiary/aromatic N) is 4. The quantitative estimate of drug-likeness (QED) is 0.246. The maximum absolute atomic E-state index is 14.1. The molecule has 1 unspecified atom stereocenters. The van der Waals surface area contributed by atoms with Crippen molar-refractivity contribution in [3.63, 3.8) is 0 Å². The van der Waals surface area contributed by atoms with E-state index < -0.39 is 6.04 Å². The molecule has 0 fully saturated rings. The van der Waals surface area contributed by atoms with Gasteiger partial charge in [0.15, 0.2) is 17.3 Å². The van der Waals surface area contributed by atoms with Gasteiger partial charge < -0.3 is 29.7 Å². The number of Topliss-reactive ketones (excluding diaryl/α,β-unsaturated/α-hetero) is 1. The van der Waals surface area contributed by atoms with E-state index in [1.54, 1.807) is 38.4 Å². The highest BCUT2D eigenvalue weighted by molar-refractivity contribution is 6.03. The van der Waals surface area contributed by atoms with Gasteiger partial charge in [0.05, 0.1) is 51.8 Å². The molecule has 238 valence electrons. The van der Waals surface area contributed by atoms with Gasteiger partial charge in [0.2, 0.25) is 5.91 Å². The van der Waals surface area contributed by atoms with Crippen molar-refractivity contribution in [1.82, 2.24) is 14.8 Å². The smallest absolute Gasteiger partial charge is 0.243 e. The molecule has 0 radical (unpaired) electrons. The maximum atomic E-state index is 14.1. The zero-order valence-corrected chi connectivity index (χ0v) is 26.7. The molecule has 11 heteroatoms. The van der Waals surface area contributed by atoms with E-state index in [9.17, 15) is 9.59 Å². The summed E-state index contributed by atoms with van der Waals surface area (Å²) in [6.45, 7) is 4.72. The van der Waals surface area contributed by atoms with Crippen molar-refractivity contribution in [1.29, 1.82) is 0 Å². The molecule has 0 spiro atoms. The van der Waals surface area contributed by atoms with Gasteiger partial charge in [0, 0.05) is 35.0 Å². The molecule has 11 nitrogen and oxygen atoms in total. The Balaban J connectivity index is 1.42. The van der Waals surface area contributed by atoms with Gasteiger partial charge in [-0.15, -0.1) is 0 Å². The number of benzene rings is 3. The summed E-state index contributed by atoms with van der Waals surface area (Å²) in [6.07, 6.45) is 4.19. The van der Waals surface area contributed by atoms with E-state index in [1.807, 2.05) is 59.5 Å². The molecule has 1 atom stereocenters. The fourth-order valence-corrected chi connectivity index (χ4v) is 6.37. The largest absolute Gasteiger partial charge is 0.496 e. The number of methoxy groups -OCH3 is 3. The number of fused-ring (bicyclic) bond motifs is 1. The van der Waals surface area contributed by atoms with Crippen LogP contribution >= 0.6 is 0 Å². The molecule has 2 aliphatic rings. The standard InChI is InChI=1S/C35H38N6O5/c1-35(2)16-26-33(28(42)17-35)34(24-14-30(45-4)31(46-5)15-29(24)44-3)41(27-9-7-6-8-25(27)39-26)19-32(43)38-23-12-10-22(11-13-23)18-40-21-36-20-37-40/h6-15,20-21,34,39H,16-19H2,1-5H3,(H,38,43). The van der Waals surface area contributed by atoms with Crippen LogP contribution in [0, 0.1) is 5.41 Å². The average molecular weight is 623 g/mol. The Morgan fingerprint density at radius 3 is 2.39 bits per heavy atom. The zero-order chi connectivity index (χ0) is 32.4. The third-order valence-corrected chi connectivity index (χ3v) is 8.40. The van der Waals surface area contributed by atoms with Gasteiger partial charge >= 0.3 is 0 Å². The lowest BCUT2D eigenvalue weighted by Crippen LogP contribution is -2.40. The second-order valence-electron chi connectivity index (χ2n) is 12.3. The lowest BCUT2D eigenvalue weighted by Gasteiger charge is -2.38. The first kappa shape index (κ1) is 30.7. The molecule has 1 amide bonds. The van der Waals surface area contributed by atoms with E-state index in [4.69, 9.17) is 14.2 Å². The number of allylic oxidation sites excluding steroid dienone is 1. The van der Waals surface area contributed by atoms with Gasteiger partial charge in [-0.3, -0.25) is 9.59 Å². The normalized spacial score (nSPS) is 16.9. The molecule has 1 aliphatic carbocycles. The molecule has 2 N–H and O–H groups in total. The zero-order valence-electron chi connectivity index (χ0n) is 26.7. The summed E-state index contributed by atoms with van der Waals surface area (Å²) >= 11 is 0. The number of ether oxygens (including phenoxy) is 3. The van der Waals surface area contributed by atoms with Crippen LogP contribution in [0.3, 0.4) is 0 Å². The van der Waals surface area contributed by atoms with Crippen LogP contribution in [0.2, 0.25) is 0 Å². The molecule has 46 heavy (non-hydrogen) atoms. The minimum Gasteiger partial charge on any atom is -0.496 e. The van der Waals surface area contributed by atoms with Crippen LogP contribution in [-0.2, 0) is 16.1 Å². The predicted octanol–water partition coefficient (Wildman–Crippen LogP) is 5.61. The number of carbonyl (C=O) groups is 2. The van der Waals surface area contributed by atoms with Gasteiger partial charge in [0.1, 0.15) is 18.4 Å². The molecule has 0 bridgehead atoms. The van der Waals surface area contributed by atoms with Gasteiger partial charge in [-0.05, 0) is 47.7 Å². The third kappa shape index (κ3) is 6.13. The first-order valence-electron chi connectivity index (χ1n) is 15.1. The van der Waals surface area contributed by atoms with E-state index in [0.29, 0.717) is 53.5 Å². The minimum atomic E-state index is -0.666. The molecular formula is C35H38N6O5. The van der Waals surface area contributed by atoms with Crippen molar-refractivity contribution in [2.45, 2.75) is 39.3 Å². The summed E-state index contributed by atoms with van der Waals surface area (Å²) in [6, 6.07) is 18.4. The molecule has 2 heterocycles. The number of para-hydroxylation sites is 2. The fourth-order valence-electron chi connectivity index (χ4n) is 6.37. The Hall–Kier alpha value is -5.32. The van der Waals surface area contributed by atoms with E-state index in [-0.39, 0.29) is 23.7 Å². The summed E-state index contributed by atoms with van der Waals surface area (Å²) in [7, 11) is 4.71. The Bertz CT molecular complexity index is 1780. The van der Waals surface area contributed by atoms with Gasteiger partial charge in [-0.2, -0.15) is 5.10 Å². The Labute approximate surface area is 268 Å². The molecule has 0 saturated heterocycles. The van der Waals surface area contributed by atoms with Crippen LogP contribution < -0.4 is 29.7 Å². The number of nitrogens with one attached hydrogen (secondary N) is 2. The van der Waals surface area contributed by atoms with Gasteiger partial charge in [-0.1, -0.05) is 38.1 Å². The number of ketones is 1. The van der Waals surface area contributed by atoms with Crippen LogP contribution in [0.1, 0.15) is 43.9 Å². The Morgan fingerprint density at radius 2 is 1.70 bits per heavy atom. The first-order chi connectivity index (χ1) is 22.2. The second kappa shape index (κ2) is 12.6. The number of rotatable bonds is 9. The molecule has 1 aliphatic heterocycles. The summed E-state index contributed by atoms with van der Waals surface area (Å²) in [5.41, 5.74) is 5.16. The number of hydrogen-bond acceptors (Lipinski definition) is 9. The molecule has 1 aromatic heterocycles. The predicted molar refractivity (Wildman–Crippen MR) is 175 cm³/mol. The third-order valence-electron chi connectivity index (χ3n) is 8.40. The summed E-state index contributed by atoms with van der Waals surface area (Å²) in [5, 5.41) is 10.8. The molecule has 0 saturated carbocycles. The minimum absolute atomic E-state index is 0.0155. The van der Waals surface area contributed by atoms with E-state index in [2.05, 4.69) is 34.6 Å². The number of anilines is 3. The lowest BCUT2D eigenvalue weighted by molar-refractivity contribution is -0.119. The number of carbonyl (C=O) groups excluding carboxylic acids is 2. The molecule has 6 rings (SSSR count). The summed E-state index contributed by atoms with van der Waals surface area (Å²) in [4.78, 5) is 34.0. The average Bonchev–Trinajstić information content (AvgIpc) is 3.50. The number of amides is 1. The van der Waals surface area contributed by atoms with Crippen molar-refractivity contribution < 1.29 is 23.8 Å². The summed E-state index contributed by atoms with van der Waals surface area (Å²) < 4.78 is 18.9. The van der Waals surface area contributed by atoms with Crippen LogP contribution in [-0.4, -0.2) is 54.3 Å². The van der Waals surface area contributed by atoms with Crippen LogP contribution in [0.5, 0.6) is 17.2 Å². The molecule has 3 aromatic carbocycles. The van der Waals surface area contributed by atoms with E-state index in [1.165, 1.54) is 6.33 Å². The SMILES string of the molecule is COc1cc(OC)c(C2C3=C(CC(C)(C)CC3=O)Nc3ccccc3N2CC(=O)Nc2ccc(Cn3cncn3)cc2)cc1OC. The van der Waals surface area contributed by atoms with Crippen LogP contribution in [0.15, 0.2) is 84.6 Å². The van der Waals surface area contributed by atoms with Crippen molar-refractivity contribution in [3.8, 4) is 17.2 Å². The fraction of sp³-hybridized carbons (Fsp3) is 0.314. The topological polar surface area (TPSA) is 120 Å². The van der Waals surface area contributed by atoms with Crippen molar-refractivity contribution in [3.05, 3.63) is 95.7 Å². The number of aromatic nitrogens is 3. The van der Waals surface area contributed by atoms with Crippen LogP contribution in [0.4, 0.5) is 17.1 Å². The second-order valence-corrected chi connectivity index (χ2v) is 12.3. The highest BCUT2D eigenvalue weighted by Crippen LogP contribution is 2.51. The lowest BCUT2D eigenvalue weighted by atomic mass is 9.73. The molecule has 4 aromatic rings. The summed E-state index contributed by atoms with van der Waals surface area (Å²) in [5.74, 6) is 1.28. The number of hydrogen-bond donors (Lipinski definition) is 2. The van der Waals surface area contributed by atoms with E-state index in [0.717, 1.165) is 22.6 Å². The maximum Gasteiger partial charge on any atom is 0.243 e. The molecular weight excluding hydrogens is 584 g/mol. The van der Waals surface area contributed by atoms with Gasteiger partial charge in [-0.25, -0.2) is 9.67 Å². The highest BCUT2D eigenvalue weighted by Gasteiger charge is 2.43. The monoisotopic (exact) mass is 622 g/mol. The Morgan fingerprint density at radius 1 is 0.978 bits per heavy atom. The van der Waals surface area contributed by atoms with Crippen molar-refractivity contribution in [2.24, 2.45) is 5.41 Å². The van der Waals surface area contributed by atoms with Crippen LogP contribution in [0.25, 0.3) is 0 Å². The van der Waals surface area contributed by atoms with Gasteiger partial charge in [0.25, 0.3) is 0 Å². The van der Waals surface area contributed by atoms with Crippen molar-refractivity contribution in [2.75, 3.05) is 43.4 Å². The van der Waals surface area contributed by atoms with Crippen molar-refractivity contribution >= 4 is 28.8 Å². The highest BCUT2D eigenvalue weighted by atomic mass is 16.5.